The number of hydrogen-bond donors (Lipinski definition) is 2. The third-order valence-electron chi connectivity index (χ3n) is 7.19. The molecule has 0 radical (unpaired) electrons. The molecule has 4 heterocycles. The van der Waals surface area contributed by atoms with Crippen LogP contribution in [0.15, 0.2) is 77.6 Å². The summed E-state index contributed by atoms with van der Waals surface area (Å²) in [6.07, 6.45) is 1.04. The molecule has 6 aromatic rings. The highest BCUT2D eigenvalue weighted by atomic mass is 16.1. The molecule has 2 N–H and O–H groups in total. The van der Waals surface area contributed by atoms with E-state index in [0.717, 1.165) is 39.9 Å². The number of carbonyl (C=O) groups is 1. The van der Waals surface area contributed by atoms with Crippen molar-refractivity contribution in [1.29, 1.82) is 0 Å². The van der Waals surface area contributed by atoms with Gasteiger partial charge in [0.15, 0.2) is 5.82 Å². The van der Waals surface area contributed by atoms with Crippen LogP contribution in [0.25, 0.3) is 44.4 Å². The Morgan fingerprint density at radius 1 is 0.919 bits per heavy atom. The van der Waals surface area contributed by atoms with Gasteiger partial charge in [-0.05, 0) is 42.3 Å². The van der Waals surface area contributed by atoms with Crippen LogP contribution in [0.4, 0.5) is 0 Å². The van der Waals surface area contributed by atoms with Gasteiger partial charge in [0.05, 0.1) is 34.2 Å². The second kappa shape index (κ2) is 8.44. The van der Waals surface area contributed by atoms with Crippen LogP contribution >= 0.6 is 0 Å². The number of para-hydroxylation sites is 4. The van der Waals surface area contributed by atoms with Crippen molar-refractivity contribution in [1.82, 2.24) is 29.4 Å². The average Bonchev–Trinajstić information content (AvgIpc) is 3.50. The van der Waals surface area contributed by atoms with Crippen LogP contribution < -0.4 is 10.9 Å². The zero-order valence-corrected chi connectivity index (χ0v) is 20.1. The zero-order chi connectivity index (χ0) is 24.9. The number of amides is 1. The lowest BCUT2D eigenvalue weighted by atomic mass is 10.0. The van der Waals surface area contributed by atoms with E-state index in [9.17, 15) is 9.59 Å². The number of hydrogen-bond acceptors (Lipinski definition) is 4. The minimum atomic E-state index is -0.0633. The fourth-order valence-electron chi connectivity index (χ4n) is 5.47. The quantitative estimate of drug-likeness (QED) is 0.381. The molecular weight excluding hydrogens is 464 g/mol. The molecule has 8 heteroatoms. The predicted octanol–water partition coefficient (Wildman–Crippen LogP) is 4.16. The Morgan fingerprint density at radius 3 is 2.54 bits per heavy atom. The number of imidazole rings is 1. The molecule has 182 valence electrons. The van der Waals surface area contributed by atoms with Gasteiger partial charge in [-0.1, -0.05) is 42.5 Å². The molecule has 0 bridgehead atoms. The first-order valence-electron chi connectivity index (χ1n) is 12.5. The second-order valence-corrected chi connectivity index (χ2v) is 9.38. The summed E-state index contributed by atoms with van der Waals surface area (Å²) in [5.41, 5.74) is 5.66. The summed E-state index contributed by atoms with van der Waals surface area (Å²) < 4.78 is 3.93. The monoisotopic (exact) mass is 488 g/mol. The van der Waals surface area contributed by atoms with Gasteiger partial charge in [0, 0.05) is 30.4 Å². The van der Waals surface area contributed by atoms with Crippen molar-refractivity contribution < 1.29 is 4.79 Å². The summed E-state index contributed by atoms with van der Waals surface area (Å²) in [6, 6.07) is 23.5. The van der Waals surface area contributed by atoms with E-state index in [1.165, 1.54) is 5.56 Å². The normalized spacial score (nSPS) is 12.6. The molecule has 0 unspecified atom stereocenters. The Morgan fingerprint density at radius 2 is 1.68 bits per heavy atom. The maximum Gasteiger partial charge on any atom is 0.261 e. The van der Waals surface area contributed by atoms with E-state index in [-0.39, 0.29) is 11.5 Å². The smallest absolute Gasteiger partial charge is 0.261 e. The summed E-state index contributed by atoms with van der Waals surface area (Å²) in [5, 5.41) is 4.76. The van der Waals surface area contributed by atoms with E-state index in [0.29, 0.717) is 42.8 Å². The van der Waals surface area contributed by atoms with Crippen molar-refractivity contribution in [2.75, 3.05) is 0 Å². The topological polar surface area (TPSA) is 97.6 Å². The maximum atomic E-state index is 13.3. The number of nitrogens with zero attached hydrogens (tertiary/aromatic N) is 4. The molecule has 7 rings (SSSR count). The number of aromatic amines is 1. The number of carbonyl (C=O) groups excluding carboxylic acids is 1. The van der Waals surface area contributed by atoms with E-state index >= 15 is 0 Å². The number of rotatable bonds is 5. The van der Waals surface area contributed by atoms with Gasteiger partial charge in [-0.2, -0.15) is 0 Å². The van der Waals surface area contributed by atoms with Gasteiger partial charge in [0.1, 0.15) is 5.82 Å². The van der Waals surface area contributed by atoms with Gasteiger partial charge in [-0.15, -0.1) is 0 Å². The molecule has 1 aliphatic heterocycles. The molecular formula is C29H24N6O2. The zero-order valence-electron chi connectivity index (χ0n) is 20.1. The van der Waals surface area contributed by atoms with Crippen molar-refractivity contribution >= 4 is 38.7 Å². The van der Waals surface area contributed by atoms with Crippen LogP contribution in [0, 0.1) is 0 Å². The molecule has 3 aromatic carbocycles. The minimum Gasteiger partial charge on any atom is -0.349 e. The van der Waals surface area contributed by atoms with Crippen LogP contribution in [0.1, 0.15) is 17.8 Å². The van der Waals surface area contributed by atoms with Gasteiger partial charge in [-0.3, -0.25) is 14.2 Å². The van der Waals surface area contributed by atoms with Crippen molar-refractivity contribution in [2.45, 2.75) is 32.5 Å². The first-order valence-corrected chi connectivity index (χ1v) is 12.5. The van der Waals surface area contributed by atoms with E-state index < -0.39 is 0 Å². The molecule has 8 nitrogen and oxygen atoms in total. The van der Waals surface area contributed by atoms with Crippen molar-refractivity contribution in [3.05, 3.63) is 94.5 Å². The standard InChI is InChI=1S/C29H24N6O2/c36-26(30-17-25-31-22-10-4-5-11-23(22)32-25)14-16-34-24-12-6-2-7-18(24)19-13-15-35-28(27(19)34)33-21-9-3-1-8-20(21)29(35)37/h1-12H,13-17H2,(H,30,36)(H,31,32). The van der Waals surface area contributed by atoms with Crippen molar-refractivity contribution in [3.8, 4) is 11.5 Å². The van der Waals surface area contributed by atoms with E-state index in [2.05, 4.69) is 32.0 Å². The Kier molecular flexibility index (Phi) is 4.92. The molecule has 0 aliphatic carbocycles. The van der Waals surface area contributed by atoms with Gasteiger partial charge >= 0.3 is 0 Å². The molecule has 0 saturated heterocycles. The van der Waals surface area contributed by atoms with Crippen LogP contribution in [0.2, 0.25) is 0 Å². The first-order chi connectivity index (χ1) is 18.2. The third kappa shape index (κ3) is 3.52. The van der Waals surface area contributed by atoms with Crippen LogP contribution in [-0.2, 0) is 30.8 Å². The Labute approximate surface area is 211 Å². The summed E-state index contributed by atoms with van der Waals surface area (Å²) >= 11 is 0. The highest BCUT2D eigenvalue weighted by Crippen LogP contribution is 2.36. The van der Waals surface area contributed by atoms with Gasteiger partial charge in [0.25, 0.3) is 5.56 Å². The molecule has 0 saturated carbocycles. The molecule has 0 atom stereocenters. The molecule has 0 spiro atoms. The Hall–Kier alpha value is -4.72. The average molecular weight is 489 g/mol. The molecule has 37 heavy (non-hydrogen) atoms. The molecule has 0 fully saturated rings. The van der Waals surface area contributed by atoms with Crippen molar-refractivity contribution in [3.63, 3.8) is 0 Å². The van der Waals surface area contributed by atoms with Crippen LogP contribution in [0.3, 0.4) is 0 Å². The number of benzene rings is 3. The Bertz CT molecular complexity index is 1860. The number of aryl methyl sites for hydroxylation is 2. The fraction of sp³-hybridized carbons (Fsp3) is 0.172. The maximum absolute atomic E-state index is 13.3. The van der Waals surface area contributed by atoms with E-state index in [1.54, 1.807) is 4.57 Å². The van der Waals surface area contributed by atoms with E-state index in [4.69, 9.17) is 4.98 Å². The summed E-state index contributed by atoms with van der Waals surface area (Å²) in [5.74, 6) is 1.33. The van der Waals surface area contributed by atoms with Gasteiger partial charge < -0.3 is 14.9 Å². The minimum absolute atomic E-state index is 0.0216. The number of H-pyrrole nitrogens is 1. The molecule has 1 amide bonds. The highest BCUT2D eigenvalue weighted by molar-refractivity contribution is 5.92. The molecule has 1 aliphatic rings. The fourth-order valence-corrected chi connectivity index (χ4v) is 5.47. The SMILES string of the molecule is O=C(CCn1c2c(c3ccccc31)CCn1c-2nc2ccccc2c1=O)NCc1nc2ccccc2[nH]1. The van der Waals surface area contributed by atoms with E-state index in [1.807, 2.05) is 60.7 Å². The number of fused-ring (bicyclic) bond motifs is 7. The number of nitrogens with one attached hydrogen (secondary N) is 2. The summed E-state index contributed by atoms with van der Waals surface area (Å²) in [4.78, 5) is 38.9. The first kappa shape index (κ1) is 21.6. The lowest BCUT2D eigenvalue weighted by Gasteiger charge is -2.21. The summed E-state index contributed by atoms with van der Waals surface area (Å²) in [6.45, 7) is 1.40. The van der Waals surface area contributed by atoms with Gasteiger partial charge in [0.2, 0.25) is 5.91 Å². The lowest BCUT2D eigenvalue weighted by Crippen LogP contribution is -2.28. The largest absolute Gasteiger partial charge is 0.349 e. The predicted molar refractivity (Wildman–Crippen MR) is 143 cm³/mol. The van der Waals surface area contributed by atoms with Crippen LogP contribution in [-0.4, -0.2) is 30.0 Å². The molecule has 3 aromatic heterocycles. The second-order valence-electron chi connectivity index (χ2n) is 9.38. The van der Waals surface area contributed by atoms with Gasteiger partial charge in [-0.25, -0.2) is 9.97 Å². The third-order valence-corrected chi connectivity index (χ3v) is 7.19. The lowest BCUT2D eigenvalue weighted by molar-refractivity contribution is -0.121. The van der Waals surface area contributed by atoms with Crippen LogP contribution in [0.5, 0.6) is 0 Å². The highest BCUT2D eigenvalue weighted by Gasteiger charge is 2.27. The number of aromatic nitrogens is 5. The van der Waals surface area contributed by atoms with Crippen molar-refractivity contribution in [2.24, 2.45) is 0 Å². The Balaban J connectivity index is 1.22. The summed E-state index contributed by atoms with van der Waals surface area (Å²) in [7, 11) is 0.